The van der Waals surface area contributed by atoms with Gasteiger partial charge in [0.05, 0.1) is 16.8 Å². The van der Waals surface area contributed by atoms with Crippen molar-refractivity contribution in [3.8, 4) is 0 Å². The van der Waals surface area contributed by atoms with E-state index in [9.17, 15) is 9.59 Å². The lowest BCUT2D eigenvalue weighted by Gasteiger charge is -2.40. The number of ether oxygens (including phenoxy) is 1. The molecule has 170 valence electrons. The Bertz CT molecular complexity index is 836. The van der Waals surface area contributed by atoms with Crippen LogP contribution >= 0.6 is 0 Å². The molecule has 0 saturated carbocycles. The van der Waals surface area contributed by atoms with Crippen LogP contribution in [0.1, 0.15) is 65.7 Å². The van der Waals surface area contributed by atoms with Crippen LogP contribution in [-0.2, 0) is 14.0 Å². The molecule has 8 nitrogen and oxygen atoms in total. The zero-order valence-corrected chi connectivity index (χ0v) is 19.9. The van der Waals surface area contributed by atoms with Crippen molar-refractivity contribution in [2.24, 2.45) is 0 Å². The molecule has 2 aliphatic heterocycles. The quantitative estimate of drug-likeness (QED) is 0.670. The maximum absolute atomic E-state index is 13.1. The number of piperazine rings is 1. The molecule has 1 atom stereocenters. The molecule has 2 aliphatic rings. The largest absolute Gasteiger partial charge is 0.496 e. The number of amides is 2. The summed E-state index contributed by atoms with van der Waals surface area (Å²) in [5, 5.41) is 0. The minimum atomic E-state index is -0.576. The second kappa shape index (κ2) is 8.09. The van der Waals surface area contributed by atoms with E-state index in [1.165, 1.54) is 0 Å². The van der Waals surface area contributed by atoms with Gasteiger partial charge in [-0.25, -0.2) is 4.79 Å². The van der Waals surface area contributed by atoms with Crippen molar-refractivity contribution in [3.63, 3.8) is 0 Å². The van der Waals surface area contributed by atoms with E-state index in [2.05, 4.69) is 4.98 Å². The fraction of sp³-hybridized carbons (Fsp3) is 0.682. The molecule has 31 heavy (non-hydrogen) atoms. The highest BCUT2D eigenvalue weighted by molar-refractivity contribution is 6.62. The Morgan fingerprint density at radius 2 is 1.74 bits per heavy atom. The van der Waals surface area contributed by atoms with Crippen LogP contribution in [0.4, 0.5) is 4.79 Å². The number of nitrogens with zero attached hydrogens (tertiary/aromatic N) is 3. The first-order valence-corrected chi connectivity index (χ1v) is 10.8. The van der Waals surface area contributed by atoms with Crippen molar-refractivity contribution in [1.82, 2.24) is 14.8 Å². The Morgan fingerprint density at radius 1 is 1.13 bits per heavy atom. The van der Waals surface area contributed by atoms with E-state index < -0.39 is 23.9 Å². The number of aromatic nitrogens is 1. The molecule has 3 heterocycles. The van der Waals surface area contributed by atoms with Crippen LogP contribution in [0.15, 0.2) is 18.5 Å². The number of carbonyl (C=O) groups is 2. The minimum Gasteiger partial charge on any atom is -0.444 e. The highest BCUT2D eigenvalue weighted by atomic mass is 16.7. The molecule has 2 saturated heterocycles. The molecule has 0 bridgehead atoms. The van der Waals surface area contributed by atoms with Gasteiger partial charge in [-0.15, -0.1) is 0 Å². The number of pyridine rings is 1. The van der Waals surface area contributed by atoms with Crippen molar-refractivity contribution in [2.75, 3.05) is 19.6 Å². The lowest BCUT2D eigenvalue weighted by atomic mass is 9.79. The zero-order chi connectivity index (χ0) is 23.2. The summed E-state index contributed by atoms with van der Waals surface area (Å²) in [5.74, 6) is -0.124. The summed E-state index contributed by atoms with van der Waals surface area (Å²) in [4.78, 5) is 33.2. The summed E-state index contributed by atoms with van der Waals surface area (Å²) in [5.41, 5.74) is -0.297. The molecule has 1 aromatic rings. The summed E-state index contributed by atoms with van der Waals surface area (Å²) < 4.78 is 17.6. The summed E-state index contributed by atoms with van der Waals surface area (Å²) >= 11 is 0. The fourth-order valence-electron chi connectivity index (χ4n) is 3.60. The summed E-state index contributed by atoms with van der Waals surface area (Å²) in [6, 6.07) is 1.63. The van der Waals surface area contributed by atoms with E-state index in [0.29, 0.717) is 30.7 Å². The molecular formula is C22H34BN3O5. The number of hydrogen-bond donors (Lipinski definition) is 0. The Labute approximate surface area is 185 Å². The summed E-state index contributed by atoms with van der Waals surface area (Å²) in [7, 11) is -0.576. The van der Waals surface area contributed by atoms with Gasteiger partial charge in [0.15, 0.2) is 0 Å². The summed E-state index contributed by atoms with van der Waals surface area (Å²) in [6.45, 7) is 16.7. The van der Waals surface area contributed by atoms with Crippen molar-refractivity contribution < 1.29 is 23.6 Å². The fourth-order valence-corrected chi connectivity index (χ4v) is 3.60. The first-order valence-electron chi connectivity index (χ1n) is 10.8. The van der Waals surface area contributed by atoms with E-state index in [1.54, 1.807) is 28.3 Å². The molecule has 0 spiro atoms. The first kappa shape index (κ1) is 23.5. The van der Waals surface area contributed by atoms with Crippen molar-refractivity contribution in [3.05, 3.63) is 24.0 Å². The monoisotopic (exact) mass is 431 g/mol. The van der Waals surface area contributed by atoms with Gasteiger partial charge >= 0.3 is 13.2 Å². The minimum absolute atomic E-state index is 0.124. The predicted molar refractivity (Wildman–Crippen MR) is 118 cm³/mol. The van der Waals surface area contributed by atoms with Crippen molar-refractivity contribution >= 4 is 24.6 Å². The van der Waals surface area contributed by atoms with Crippen molar-refractivity contribution in [1.29, 1.82) is 0 Å². The summed E-state index contributed by atoms with van der Waals surface area (Å²) in [6.07, 6.45) is 2.88. The Morgan fingerprint density at radius 3 is 2.29 bits per heavy atom. The van der Waals surface area contributed by atoms with E-state index in [-0.39, 0.29) is 18.0 Å². The van der Waals surface area contributed by atoms with Gasteiger partial charge < -0.3 is 23.8 Å². The van der Waals surface area contributed by atoms with Crippen LogP contribution in [-0.4, -0.2) is 76.4 Å². The Hall–Kier alpha value is -2.13. The molecule has 0 aliphatic carbocycles. The number of carbonyl (C=O) groups excluding carboxylic acids is 2. The Kier molecular flexibility index (Phi) is 6.14. The van der Waals surface area contributed by atoms with Crippen LogP contribution in [0, 0.1) is 0 Å². The molecule has 9 heteroatoms. The average Bonchev–Trinajstić information content (AvgIpc) is 2.87. The maximum Gasteiger partial charge on any atom is 0.496 e. The van der Waals surface area contributed by atoms with E-state index in [0.717, 1.165) is 0 Å². The van der Waals surface area contributed by atoms with Gasteiger partial charge in [-0.3, -0.25) is 9.78 Å². The van der Waals surface area contributed by atoms with Gasteiger partial charge in [-0.05, 0) is 61.5 Å². The molecule has 0 N–H and O–H groups in total. The van der Waals surface area contributed by atoms with Crippen LogP contribution in [0.5, 0.6) is 0 Å². The van der Waals surface area contributed by atoms with Crippen LogP contribution < -0.4 is 5.46 Å². The van der Waals surface area contributed by atoms with Gasteiger partial charge in [-0.2, -0.15) is 0 Å². The molecule has 2 amide bonds. The molecular weight excluding hydrogens is 397 g/mol. The Balaban J connectivity index is 1.68. The lowest BCUT2D eigenvalue weighted by Crippen LogP contribution is -2.56. The van der Waals surface area contributed by atoms with E-state index >= 15 is 0 Å². The normalized spacial score (nSPS) is 23.1. The van der Waals surface area contributed by atoms with Gasteiger partial charge in [0.1, 0.15) is 5.60 Å². The third kappa shape index (κ3) is 5.04. The maximum atomic E-state index is 13.1. The smallest absolute Gasteiger partial charge is 0.444 e. The predicted octanol–water partition coefficient (Wildman–Crippen LogP) is 2.46. The molecule has 3 rings (SSSR count). The van der Waals surface area contributed by atoms with Crippen LogP contribution in [0.25, 0.3) is 0 Å². The highest BCUT2D eigenvalue weighted by Gasteiger charge is 2.52. The first-order chi connectivity index (χ1) is 14.2. The highest BCUT2D eigenvalue weighted by Crippen LogP contribution is 2.36. The second-order valence-electron chi connectivity index (χ2n) is 10.4. The SMILES string of the molecule is C[C@H]1CN(C(=O)c2cncc(B3OC(C)(C)C(C)(C)O3)c2)CCN1C(=O)OC(C)(C)C. The standard InChI is InChI=1S/C22H34BN3O5/c1-15-14-25(9-10-26(15)19(28)29-20(2,3)4)18(27)16-11-17(13-24-12-16)23-30-21(5,6)22(7,8)31-23/h11-13,15H,9-10,14H2,1-8H3/t15-/m0/s1. The molecule has 1 aromatic heterocycles. The second-order valence-corrected chi connectivity index (χ2v) is 10.4. The molecule has 2 fully saturated rings. The molecule has 0 aromatic carbocycles. The van der Waals surface area contributed by atoms with Crippen molar-refractivity contribution in [2.45, 2.75) is 78.2 Å². The average molecular weight is 431 g/mol. The third-order valence-electron chi connectivity index (χ3n) is 6.07. The van der Waals surface area contributed by atoms with E-state index in [4.69, 9.17) is 14.0 Å². The third-order valence-corrected chi connectivity index (χ3v) is 6.07. The molecule has 0 radical (unpaired) electrons. The molecule has 0 unspecified atom stereocenters. The van der Waals surface area contributed by atoms with Gasteiger partial charge in [0, 0.05) is 43.5 Å². The van der Waals surface area contributed by atoms with Gasteiger partial charge in [-0.1, -0.05) is 0 Å². The number of rotatable bonds is 2. The van der Waals surface area contributed by atoms with Crippen LogP contribution in [0.2, 0.25) is 0 Å². The van der Waals surface area contributed by atoms with Crippen LogP contribution in [0.3, 0.4) is 0 Å². The zero-order valence-electron chi connectivity index (χ0n) is 19.9. The van der Waals surface area contributed by atoms with E-state index in [1.807, 2.05) is 55.4 Å². The van der Waals surface area contributed by atoms with Gasteiger partial charge in [0.2, 0.25) is 0 Å². The number of hydrogen-bond acceptors (Lipinski definition) is 6. The van der Waals surface area contributed by atoms with Gasteiger partial charge in [0.25, 0.3) is 5.91 Å². The lowest BCUT2D eigenvalue weighted by molar-refractivity contribution is 0.00197. The topological polar surface area (TPSA) is 81.2 Å².